The third kappa shape index (κ3) is 9.90. The molecule has 1 saturated heterocycles. The minimum Gasteiger partial charge on any atom is -0.504 e. The highest BCUT2D eigenvalue weighted by molar-refractivity contribution is 8.77. The number of allylic oxidation sites excluding steroid dienone is 2. The summed E-state index contributed by atoms with van der Waals surface area (Å²) < 4.78 is 14.3. The summed E-state index contributed by atoms with van der Waals surface area (Å²) in [5, 5.41) is 54.9. The molecular formula is C76H105N7O8S2. The molecule has 2 aromatic rings. The van der Waals surface area contributed by atoms with Gasteiger partial charge in [-0.2, -0.15) is 0 Å². The van der Waals surface area contributed by atoms with Gasteiger partial charge in [0.25, 0.3) is 0 Å². The number of hydrogen-bond acceptors (Lipinski definition) is 14. The fourth-order valence-electron chi connectivity index (χ4n) is 25.9. The molecule has 15 nitrogen and oxygen atoms in total. The van der Waals surface area contributed by atoms with Crippen LogP contribution >= 0.6 is 21.6 Å². The van der Waals surface area contributed by atoms with Gasteiger partial charge in [0.05, 0.1) is 12.2 Å². The van der Waals surface area contributed by atoms with E-state index in [2.05, 4.69) is 92.6 Å². The summed E-state index contributed by atoms with van der Waals surface area (Å²) >= 11 is 0. The van der Waals surface area contributed by atoms with Crippen LogP contribution in [0, 0.1) is 80.8 Å². The van der Waals surface area contributed by atoms with E-state index in [-0.39, 0.29) is 128 Å². The van der Waals surface area contributed by atoms with Gasteiger partial charge in [0.1, 0.15) is 16.1 Å². The second kappa shape index (κ2) is 23.9. The van der Waals surface area contributed by atoms with Crippen LogP contribution in [0.2, 0.25) is 0 Å². The number of benzene rings is 2. The summed E-state index contributed by atoms with van der Waals surface area (Å²) in [6.07, 6.45) is 34.2. The van der Waals surface area contributed by atoms with Crippen LogP contribution in [-0.2, 0) is 27.3 Å². The lowest BCUT2D eigenvalue weighted by Gasteiger charge is -2.65. The highest BCUT2D eigenvalue weighted by Crippen LogP contribution is 2.78. The van der Waals surface area contributed by atoms with Crippen LogP contribution in [0.15, 0.2) is 70.7 Å². The number of nitrogens with one attached hydrogen (secondary N) is 1. The van der Waals surface area contributed by atoms with Crippen molar-refractivity contribution in [2.24, 2.45) is 108 Å². The maximum atomic E-state index is 15.2. The Labute approximate surface area is 559 Å². The molecule has 11 aliphatic carbocycles. The summed E-state index contributed by atoms with van der Waals surface area (Å²) in [5.41, 5.74) is 21.0. The van der Waals surface area contributed by atoms with E-state index >= 15 is 4.79 Å². The largest absolute Gasteiger partial charge is 0.504 e. The van der Waals surface area contributed by atoms with Crippen LogP contribution in [-0.4, -0.2) is 109 Å². The number of fused-ring (bicyclic) bond motifs is 2. The first-order valence-corrected chi connectivity index (χ1v) is 39.1. The first-order valence-electron chi connectivity index (χ1n) is 36.9. The van der Waals surface area contributed by atoms with Gasteiger partial charge in [0.2, 0.25) is 5.91 Å². The van der Waals surface area contributed by atoms with E-state index in [1.54, 1.807) is 6.92 Å². The molecule has 1 amide bonds. The average molecular weight is 1310 g/mol. The van der Waals surface area contributed by atoms with Gasteiger partial charge >= 0.3 is 5.97 Å². The van der Waals surface area contributed by atoms with Gasteiger partial charge in [-0.3, -0.25) is 19.6 Å². The van der Waals surface area contributed by atoms with Crippen LogP contribution in [0.1, 0.15) is 214 Å². The smallest absolute Gasteiger partial charge is 0.303 e. The monoisotopic (exact) mass is 1310 g/mol. The minimum absolute atomic E-state index is 0.0161. The molecule has 21 unspecified atom stereocenters. The Morgan fingerprint density at radius 3 is 2.52 bits per heavy atom. The number of guanidine groups is 2. The van der Waals surface area contributed by atoms with Crippen LogP contribution in [0.25, 0.3) is 0 Å². The predicted molar refractivity (Wildman–Crippen MR) is 366 cm³/mol. The molecule has 10 fully saturated rings. The molecule has 9 saturated carbocycles. The number of aliphatic hydroxyl groups excluding tert-OH is 3. The number of nitrogens with two attached hydrogens (primary N) is 3. The normalized spacial score (nSPS) is 44.1. The summed E-state index contributed by atoms with van der Waals surface area (Å²) in [7, 11) is 4.12. The lowest BCUT2D eigenvalue weighted by molar-refractivity contribution is -0.210. The molecule has 14 bridgehead atoms. The van der Waals surface area contributed by atoms with E-state index in [4.69, 9.17) is 31.7 Å². The molecule has 93 heavy (non-hydrogen) atoms. The third-order valence-corrected chi connectivity index (χ3v) is 33.0. The highest BCUT2D eigenvalue weighted by Gasteiger charge is 2.73. The Bertz CT molecular complexity index is 3330. The van der Waals surface area contributed by atoms with Crippen molar-refractivity contribution in [1.82, 2.24) is 10.2 Å². The molecule has 7 heterocycles. The summed E-state index contributed by atoms with van der Waals surface area (Å²) in [6.45, 7) is 3.41. The fourth-order valence-corrected chi connectivity index (χ4v) is 30.0. The van der Waals surface area contributed by atoms with Crippen LogP contribution in [0.5, 0.6) is 11.5 Å². The molecule has 17 heteroatoms. The molecule has 6 spiro atoms. The van der Waals surface area contributed by atoms with Crippen molar-refractivity contribution in [2.75, 3.05) is 26.2 Å². The first kappa shape index (κ1) is 63.3. The lowest BCUT2D eigenvalue weighted by Crippen LogP contribution is -2.63. The van der Waals surface area contributed by atoms with Crippen molar-refractivity contribution in [1.29, 1.82) is 0 Å². The number of aromatic hydroxyl groups is 1. The maximum absolute atomic E-state index is 15.2. The van der Waals surface area contributed by atoms with Crippen LogP contribution in [0.3, 0.4) is 0 Å². The third-order valence-electron chi connectivity index (χ3n) is 29.3. The van der Waals surface area contributed by atoms with E-state index in [1.165, 1.54) is 18.4 Å². The van der Waals surface area contributed by atoms with Gasteiger partial charge in [-0.25, -0.2) is 0 Å². The van der Waals surface area contributed by atoms with Crippen molar-refractivity contribution >= 4 is 45.4 Å². The number of hydrogen-bond donors (Lipinski definition) is 8. The number of aliphatic imine (C=N–C) groups is 2. The minimum atomic E-state index is -0.918. The molecule has 18 aliphatic rings. The first-order chi connectivity index (χ1) is 45.0. The van der Waals surface area contributed by atoms with Crippen LogP contribution in [0.4, 0.5) is 0 Å². The lowest BCUT2D eigenvalue weighted by atomic mass is 9.41. The predicted octanol–water partition coefficient (Wildman–Crippen LogP) is 11.8. The van der Waals surface area contributed by atoms with Gasteiger partial charge < -0.3 is 57.3 Å². The quantitative estimate of drug-likeness (QED) is 0.0403. The van der Waals surface area contributed by atoms with E-state index in [0.29, 0.717) is 81.3 Å². The molecule has 2 aromatic carbocycles. The second-order valence-corrected chi connectivity index (χ2v) is 35.7. The molecule has 504 valence electrons. The molecular weight excluding hydrogens is 1200 g/mol. The zero-order valence-corrected chi connectivity index (χ0v) is 56.7. The van der Waals surface area contributed by atoms with Crippen molar-refractivity contribution in [2.45, 2.75) is 239 Å². The summed E-state index contributed by atoms with van der Waals surface area (Å²) in [5.74, 6) is 2.34. The van der Waals surface area contributed by atoms with Gasteiger partial charge in [-0.05, 0) is 230 Å². The molecule has 0 aromatic heterocycles. The number of ether oxygens (including phenoxy) is 2. The van der Waals surface area contributed by atoms with E-state index in [1.807, 2.05) is 4.90 Å². The summed E-state index contributed by atoms with van der Waals surface area (Å²) in [4.78, 5) is 40.8. The maximum Gasteiger partial charge on any atom is 0.303 e. The van der Waals surface area contributed by atoms with E-state index in [0.717, 1.165) is 140 Å². The molecule has 21 atom stereocenters. The number of carbonyl (C=O) groups is 2. The molecule has 20 rings (SSSR count). The molecule has 11 N–H and O–H groups in total. The number of rotatable bonds is 8. The van der Waals surface area contributed by atoms with Crippen LogP contribution < -0.4 is 27.3 Å². The van der Waals surface area contributed by atoms with Crippen molar-refractivity contribution in [3.63, 3.8) is 0 Å². The molecule has 7 aliphatic heterocycles. The number of phenols is 1. The average Bonchev–Trinajstić information content (AvgIpc) is 1.59. The number of carbonyl (C=O) groups excluding carboxylic acids is 2. The van der Waals surface area contributed by atoms with Crippen molar-refractivity contribution in [3.8, 4) is 11.5 Å². The van der Waals surface area contributed by atoms with Gasteiger partial charge in [-0.15, -0.1) is 0 Å². The zero-order valence-electron chi connectivity index (χ0n) is 55.1. The zero-order chi connectivity index (χ0) is 63.9. The Kier molecular flexibility index (Phi) is 16.3. The Hall–Kier alpha value is -4.42. The standard InChI is InChI=1S/C76H105N7O8S2/c1-45(85)90-74-39-49-15-16-53(74)37-50-35-51(65(88)66-63(50)47-23-32-73(91-66)29-7-14-52(73)36-47)43-83-44-71(41-62(83)87)54(17-19-57(71)46-11-3-2-4-12-46)42-81-69(79)82-76(31-9-27-70(76)25-5-6-26-70)93-92-61-22-21-58-56(64(49)60(86)40-74)18-20-59(61)75(58)30-10-28-72(75)38-48(13-8-34-84)55(67(72)89)24-33-80-68(77)78/h2-4,11-12,21-23,32,35,47-49,52-61,64,67,84,86,88-89H,5-10,13-20,24-31,33-34,36-44H2,1H3,(H4,77,78,80)(H3,79,81,82). The Morgan fingerprint density at radius 1 is 0.882 bits per heavy atom. The summed E-state index contributed by atoms with van der Waals surface area (Å²) in [6, 6.07) is 13.0. The number of phenolic OH excluding ortho intramolecular Hbond substituents is 1. The topological polar surface area (TPSA) is 252 Å². The Morgan fingerprint density at radius 2 is 1.70 bits per heavy atom. The van der Waals surface area contributed by atoms with Gasteiger partial charge in [0.15, 0.2) is 23.4 Å². The van der Waals surface area contributed by atoms with Gasteiger partial charge in [0, 0.05) is 103 Å². The van der Waals surface area contributed by atoms with Gasteiger partial charge in [-0.1, -0.05) is 89.4 Å². The Balaban J connectivity index is 0.832. The number of esters is 1. The van der Waals surface area contributed by atoms with Crippen molar-refractivity contribution < 1.29 is 39.5 Å². The molecule has 0 radical (unpaired) electrons. The van der Waals surface area contributed by atoms with E-state index in [9.17, 15) is 25.2 Å². The fraction of sp³-hybridized carbons (Fsp3) is 0.737. The number of amides is 1. The highest BCUT2D eigenvalue weighted by atomic mass is 33.1. The van der Waals surface area contributed by atoms with E-state index < -0.39 is 28.8 Å². The second-order valence-electron chi connectivity index (χ2n) is 33.0. The SMILES string of the molecule is CC(=O)OC12CC(O)C3C(CCC1Cc1cc(c(O)c4c1C1C=CC5(CCCC5C1)O4)CN1CC4(CC1=O)C(CCC4c1ccccc1)CN=C(N)NC1(CCCC14CCCC4)SSC1C=CC4C3CCC1C41CCCC13CC(CCCO)C(CCN=C(N)N)C3O)C2. The van der Waals surface area contributed by atoms with Crippen molar-refractivity contribution in [3.05, 3.63) is 83.0 Å². The number of nitrogens with zero attached hydrogens (tertiary/aromatic N) is 3. The number of aliphatic hydroxyl groups is 3.